The molecule has 2 unspecified atom stereocenters. The number of carbonyl (C=O) groups is 2. The summed E-state index contributed by atoms with van der Waals surface area (Å²) in [5.41, 5.74) is 2.74. The van der Waals surface area contributed by atoms with Gasteiger partial charge in [-0.05, 0) is 39.3 Å². The van der Waals surface area contributed by atoms with Crippen molar-refractivity contribution in [3.8, 4) is 0 Å². The summed E-state index contributed by atoms with van der Waals surface area (Å²) in [5, 5.41) is 2.69. The topological polar surface area (TPSA) is 58.6 Å². The highest BCUT2D eigenvalue weighted by atomic mass is 16.5. The summed E-state index contributed by atoms with van der Waals surface area (Å²) in [5.74, 6) is -1.10. The first-order chi connectivity index (χ1) is 9.86. The molecule has 1 saturated heterocycles. The van der Waals surface area contributed by atoms with Gasteiger partial charge in [-0.15, -0.1) is 0 Å². The van der Waals surface area contributed by atoms with Crippen LogP contribution in [-0.2, 0) is 14.3 Å². The minimum atomic E-state index is -0.594. The lowest BCUT2D eigenvalue weighted by molar-refractivity contribution is -0.151. The number of ether oxygens (including phenoxy) is 1. The van der Waals surface area contributed by atoms with Crippen LogP contribution in [0.1, 0.15) is 25.0 Å². The number of hydrogen-bond donors (Lipinski definition) is 1. The van der Waals surface area contributed by atoms with Crippen molar-refractivity contribution in [3.63, 3.8) is 0 Å². The number of hydrogen-bond acceptors (Lipinski definition) is 3. The largest absolute Gasteiger partial charge is 0.372 e. The zero-order chi connectivity index (χ0) is 15.6. The van der Waals surface area contributed by atoms with Gasteiger partial charge in [0, 0.05) is 18.8 Å². The number of amides is 2. The predicted molar refractivity (Wildman–Crippen MR) is 81.1 cm³/mol. The first-order valence-electron chi connectivity index (χ1n) is 7.19. The summed E-state index contributed by atoms with van der Waals surface area (Å²) in [4.78, 5) is 25.9. The van der Waals surface area contributed by atoms with Gasteiger partial charge in [-0.1, -0.05) is 17.7 Å². The second kappa shape index (κ2) is 6.26. The van der Waals surface area contributed by atoms with Gasteiger partial charge in [0.15, 0.2) is 0 Å². The maximum atomic E-state index is 12.2. The van der Waals surface area contributed by atoms with Crippen LogP contribution in [0.5, 0.6) is 0 Å². The standard InChI is InChI=1S/C16H22N2O3/c1-10-5-6-14(11(2)7-10)17-15(19)16(20)18-8-12(3)21-13(4)9-18/h5-7,12-13H,8-9H2,1-4H3,(H,17,19). The number of benzene rings is 1. The van der Waals surface area contributed by atoms with Crippen molar-refractivity contribution in [1.29, 1.82) is 0 Å². The van der Waals surface area contributed by atoms with Gasteiger partial charge in [0.1, 0.15) is 0 Å². The average Bonchev–Trinajstić information content (AvgIpc) is 2.40. The van der Waals surface area contributed by atoms with Crippen molar-refractivity contribution in [3.05, 3.63) is 29.3 Å². The van der Waals surface area contributed by atoms with E-state index in [-0.39, 0.29) is 12.2 Å². The summed E-state index contributed by atoms with van der Waals surface area (Å²) in [6.07, 6.45) is -0.0989. The van der Waals surface area contributed by atoms with Crippen molar-refractivity contribution >= 4 is 17.5 Å². The Labute approximate surface area is 125 Å². The van der Waals surface area contributed by atoms with Crippen LogP contribution in [0.4, 0.5) is 5.69 Å². The first-order valence-corrected chi connectivity index (χ1v) is 7.19. The van der Waals surface area contributed by atoms with Gasteiger partial charge >= 0.3 is 11.8 Å². The molecule has 5 nitrogen and oxygen atoms in total. The van der Waals surface area contributed by atoms with Crippen LogP contribution in [0.15, 0.2) is 18.2 Å². The molecule has 0 aromatic heterocycles. The van der Waals surface area contributed by atoms with E-state index >= 15 is 0 Å². The fourth-order valence-corrected chi connectivity index (χ4v) is 2.62. The highest BCUT2D eigenvalue weighted by molar-refractivity contribution is 6.39. The fourth-order valence-electron chi connectivity index (χ4n) is 2.62. The molecule has 1 aromatic carbocycles. The van der Waals surface area contributed by atoms with Gasteiger partial charge in [-0.2, -0.15) is 0 Å². The maximum absolute atomic E-state index is 12.2. The van der Waals surface area contributed by atoms with Crippen molar-refractivity contribution in [2.24, 2.45) is 0 Å². The van der Waals surface area contributed by atoms with Crippen molar-refractivity contribution in [2.45, 2.75) is 39.9 Å². The lowest BCUT2D eigenvalue weighted by Gasteiger charge is -2.34. The Hall–Kier alpha value is -1.88. The molecule has 0 saturated carbocycles. The van der Waals surface area contributed by atoms with E-state index in [0.717, 1.165) is 11.1 Å². The molecule has 1 aliphatic heterocycles. The third-order valence-electron chi connectivity index (χ3n) is 3.53. The molecule has 1 heterocycles. The van der Waals surface area contributed by atoms with Crippen LogP contribution in [0, 0.1) is 13.8 Å². The van der Waals surface area contributed by atoms with Crippen LogP contribution >= 0.6 is 0 Å². The number of rotatable bonds is 1. The molecule has 114 valence electrons. The molecule has 2 rings (SSSR count). The molecule has 1 fully saturated rings. The quantitative estimate of drug-likeness (QED) is 0.803. The van der Waals surface area contributed by atoms with E-state index in [1.807, 2.05) is 45.9 Å². The Morgan fingerprint density at radius 3 is 2.38 bits per heavy atom. The van der Waals surface area contributed by atoms with E-state index < -0.39 is 11.8 Å². The van der Waals surface area contributed by atoms with Gasteiger partial charge in [-0.25, -0.2) is 0 Å². The molecule has 2 amide bonds. The van der Waals surface area contributed by atoms with Gasteiger partial charge in [0.25, 0.3) is 0 Å². The Morgan fingerprint density at radius 1 is 1.19 bits per heavy atom. The SMILES string of the molecule is Cc1ccc(NC(=O)C(=O)N2CC(C)OC(C)C2)c(C)c1. The summed E-state index contributed by atoms with van der Waals surface area (Å²) < 4.78 is 5.57. The normalized spacial score (nSPS) is 22.0. The zero-order valence-corrected chi connectivity index (χ0v) is 13.0. The Bertz CT molecular complexity index is 546. The van der Waals surface area contributed by atoms with E-state index in [2.05, 4.69) is 5.32 Å². The first kappa shape index (κ1) is 15.5. The summed E-state index contributed by atoms with van der Waals surface area (Å²) in [6, 6.07) is 5.70. The summed E-state index contributed by atoms with van der Waals surface area (Å²) >= 11 is 0. The van der Waals surface area contributed by atoms with Crippen LogP contribution in [0.25, 0.3) is 0 Å². The molecule has 0 radical (unpaired) electrons. The van der Waals surface area contributed by atoms with E-state index in [4.69, 9.17) is 4.74 Å². The minimum absolute atomic E-state index is 0.0494. The molecule has 1 aliphatic rings. The fraction of sp³-hybridized carbons (Fsp3) is 0.500. The van der Waals surface area contributed by atoms with Gasteiger partial charge in [-0.3, -0.25) is 9.59 Å². The van der Waals surface area contributed by atoms with Gasteiger partial charge in [0.2, 0.25) is 0 Å². The second-order valence-electron chi connectivity index (χ2n) is 5.74. The van der Waals surface area contributed by atoms with Crippen LogP contribution in [0.2, 0.25) is 0 Å². The monoisotopic (exact) mass is 290 g/mol. The number of morpholine rings is 1. The Kier molecular flexibility index (Phi) is 4.63. The zero-order valence-electron chi connectivity index (χ0n) is 13.0. The average molecular weight is 290 g/mol. The molecular weight excluding hydrogens is 268 g/mol. The van der Waals surface area contributed by atoms with E-state index in [9.17, 15) is 9.59 Å². The highest BCUT2D eigenvalue weighted by Gasteiger charge is 2.29. The third-order valence-corrected chi connectivity index (χ3v) is 3.53. The van der Waals surface area contributed by atoms with Crippen molar-refractivity contribution in [2.75, 3.05) is 18.4 Å². The van der Waals surface area contributed by atoms with E-state index in [1.165, 1.54) is 0 Å². The van der Waals surface area contributed by atoms with Crippen LogP contribution in [-0.4, -0.2) is 42.0 Å². The molecule has 0 bridgehead atoms. The summed E-state index contributed by atoms with van der Waals surface area (Å²) in [7, 11) is 0. The lowest BCUT2D eigenvalue weighted by Crippen LogP contribution is -2.51. The molecule has 5 heteroatoms. The smallest absolute Gasteiger partial charge is 0.313 e. The predicted octanol–water partition coefficient (Wildman–Crippen LogP) is 1.88. The second-order valence-corrected chi connectivity index (χ2v) is 5.74. The van der Waals surface area contributed by atoms with Gasteiger partial charge in [0.05, 0.1) is 12.2 Å². The van der Waals surface area contributed by atoms with Crippen molar-refractivity contribution in [1.82, 2.24) is 4.90 Å². The number of carbonyl (C=O) groups excluding carboxylic acids is 2. The molecule has 1 aromatic rings. The van der Waals surface area contributed by atoms with Crippen LogP contribution < -0.4 is 5.32 Å². The maximum Gasteiger partial charge on any atom is 0.313 e. The highest BCUT2D eigenvalue weighted by Crippen LogP contribution is 2.17. The number of nitrogens with one attached hydrogen (secondary N) is 1. The molecule has 1 N–H and O–H groups in total. The minimum Gasteiger partial charge on any atom is -0.372 e. The van der Waals surface area contributed by atoms with E-state index in [0.29, 0.717) is 18.8 Å². The Morgan fingerprint density at radius 2 is 1.81 bits per heavy atom. The molecule has 0 aliphatic carbocycles. The third kappa shape index (κ3) is 3.82. The lowest BCUT2D eigenvalue weighted by atomic mass is 10.1. The summed E-state index contributed by atoms with van der Waals surface area (Å²) in [6.45, 7) is 8.59. The molecule has 21 heavy (non-hydrogen) atoms. The van der Waals surface area contributed by atoms with Crippen molar-refractivity contribution < 1.29 is 14.3 Å². The van der Waals surface area contributed by atoms with E-state index in [1.54, 1.807) is 4.90 Å². The van der Waals surface area contributed by atoms with Gasteiger partial charge < -0.3 is 15.0 Å². The molecule has 2 atom stereocenters. The number of nitrogens with zero attached hydrogens (tertiary/aromatic N) is 1. The molecular formula is C16H22N2O3. The Balaban J connectivity index is 2.04. The number of anilines is 1. The molecule has 0 spiro atoms. The van der Waals surface area contributed by atoms with Crippen LogP contribution in [0.3, 0.4) is 0 Å². The number of aryl methyl sites for hydroxylation is 2.